The van der Waals surface area contributed by atoms with Crippen LogP contribution in [0.15, 0.2) is 29.2 Å². The summed E-state index contributed by atoms with van der Waals surface area (Å²) in [6.07, 6.45) is 6.29. The quantitative estimate of drug-likeness (QED) is 0.312. The average molecular weight is 634 g/mol. The first-order chi connectivity index (χ1) is 20.5. The summed E-state index contributed by atoms with van der Waals surface area (Å²) in [5.74, 6) is 2.62. The predicted octanol–water partition coefficient (Wildman–Crippen LogP) is 6.54. The molecule has 3 unspecified atom stereocenters. The Hall–Kier alpha value is -1.84. The number of fused-ring (bicyclic) bond motifs is 5. The van der Waals surface area contributed by atoms with Gasteiger partial charge in [0.1, 0.15) is 11.4 Å². The van der Waals surface area contributed by atoms with Gasteiger partial charge in [-0.2, -0.15) is 0 Å². The number of aliphatic hydroxyl groups is 2. The van der Waals surface area contributed by atoms with Crippen LogP contribution < -0.4 is 9.46 Å². The largest absolute Gasteiger partial charge is 0.488 e. The minimum atomic E-state index is -4.09. The maximum Gasteiger partial charge on any atom is 0.421 e. The Morgan fingerprint density at radius 1 is 1.00 bits per heavy atom. The summed E-state index contributed by atoms with van der Waals surface area (Å²) < 4.78 is 39.0. The Morgan fingerprint density at radius 2 is 1.64 bits per heavy atom. The number of ether oxygens (including phenoxy) is 2. The molecule has 248 valence electrons. The number of sulfonamides is 1. The summed E-state index contributed by atoms with van der Waals surface area (Å²) in [4.78, 5) is 12.6. The number of carbonyl (C=O) groups is 1. The number of hydrogen-bond acceptors (Lipinski definition) is 7. The van der Waals surface area contributed by atoms with E-state index in [2.05, 4.69) is 32.4 Å². The van der Waals surface area contributed by atoms with Gasteiger partial charge < -0.3 is 19.7 Å². The fourth-order valence-electron chi connectivity index (χ4n) is 10.5. The minimum absolute atomic E-state index is 0.0278. The van der Waals surface area contributed by atoms with E-state index in [1.807, 2.05) is 20.8 Å². The van der Waals surface area contributed by atoms with Crippen LogP contribution in [0.25, 0.3) is 0 Å². The molecule has 4 aliphatic carbocycles. The third-order valence-electron chi connectivity index (χ3n) is 12.4. The minimum Gasteiger partial charge on any atom is -0.488 e. The summed E-state index contributed by atoms with van der Waals surface area (Å²) in [6, 6.07) is 5.97. The Bertz CT molecular complexity index is 1290. The second-order valence-corrected chi connectivity index (χ2v) is 17.7. The van der Waals surface area contributed by atoms with E-state index in [1.54, 1.807) is 12.1 Å². The van der Waals surface area contributed by atoms with Gasteiger partial charge in [0.2, 0.25) is 0 Å². The zero-order valence-corrected chi connectivity index (χ0v) is 28.5. The number of hydrogen-bond donors (Lipinski definition) is 3. The highest BCUT2D eigenvalue weighted by atomic mass is 32.2. The van der Waals surface area contributed by atoms with E-state index >= 15 is 0 Å². The van der Waals surface area contributed by atoms with E-state index in [1.165, 1.54) is 12.1 Å². The van der Waals surface area contributed by atoms with Gasteiger partial charge in [-0.25, -0.2) is 17.9 Å². The second-order valence-electron chi connectivity index (χ2n) is 16.0. The second kappa shape index (κ2) is 12.1. The number of amides is 1. The van der Waals surface area contributed by atoms with E-state index in [-0.39, 0.29) is 52.3 Å². The highest BCUT2D eigenvalue weighted by Gasteiger charge is 2.65. The number of aliphatic hydroxyl groups excluding tert-OH is 2. The maximum absolute atomic E-state index is 12.8. The van der Waals surface area contributed by atoms with Gasteiger partial charge in [-0.3, -0.25) is 0 Å². The molecule has 0 aliphatic heterocycles. The molecular weight excluding hydrogens is 578 g/mol. The molecule has 0 spiro atoms. The number of carbonyl (C=O) groups excluding carboxylic acids is 1. The Balaban J connectivity index is 1.22. The highest BCUT2D eigenvalue weighted by Crippen LogP contribution is 2.69. The molecule has 1 aromatic carbocycles. The highest BCUT2D eigenvalue weighted by molar-refractivity contribution is 7.90. The van der Waals surface area contributed by atoms with Crippen LogP contribution in [0.3, 0.4) is 0 Å². The molecule has 4 fully saturated rings. The summed E-state index contributed by atoms with van der Waals surface area (Å²) in [7, 11) is -4.09. The third-order valence-corrected chi connectivity index (χ3v) is 13.7. The van der Waals surface area contributed by atoms with Crippen LogP contribution in [0.4, 0.5) is 4.79 Å². The van der Waals surface area contributed by atoms with Crippen molar-refractivity contribution in [1.29, 1.82) is 0 Å². The SMILES string of the molecule is CC[C@@H]1C2C[C@H](O)CCC2(C)[C@H]2CCC3(C)[C@@H]([C@H](C)COC(=O)NS(=O)(=O)c4ccc(OC(C)(C)C)cc4)CC[C@H]3[C@H]2[C@@H]1O. The zero-order chi connectivity index (χ0) is 32.2. The molecule has 0 aromatic heterocycles. The Labute approximate surface area is 264 Å². The maximum atomic E-state index is 12.8. The fraction of sp³-hybridized carbons (Fsp3) is 0.800. The van der Waals surface area contributed by atoms with Crippen molar-refractivity contribution in [2.75, 3.05) is 6.61 Å². The molecule has 0 saturated heterocycles. The van der Waals surface area contributed by atoms with E-state index in [0.29, 0.717) is 29.4 Å². The van der Waals surface area contributed by atoms with Crippen LogP contribution in [0.5, 0.6) is 5.75 Å². The van der Waals surface area contributed by atoms with Crippen molar-refractivity contribution in [3.63, 3.8) is 0 Å². The number of nitrogens with one attached hydrogen (secondary N) is 1. The monoisotopic (exact) mass is 633 g/mol. The zero-order valence-electron chi connectivity index (χ0n) is 27.7. The Kier molecular flexibility index (Phi) is 9.20. The van der Waals surface area contributed by atoms with Crippen LogP contribution in [0.2, 0.25) is 0 Å². The molecule has 0 heterocycles. The van der Waals surface area contributed by atoms with Crippen molar-refractivity contribution >= 4 is 16.1 Å². The third kappa shape index (κ3) is 6.14. The van der Waals surface area contributed by atoms with E-state index in [4.69, 9.17) is 9.47 Å². The van der Waals surface area contributed by atoms with Crippen molar-refractivity contribution in [2.24, 2.45) is 52.3 Å². The lowest BCUT2D eigenvalue weighted by Crippen LogP contribution is -2.62. The van der Waals surface area contributed by atoms with Gasteiger partial charge in [0.25, 0.3) is 10.0 Å². The van der Waals surface area contributed by atoms with Crippen molar-refractivity contribution < 1.29 is 32.9 Å². The molecule has 44 heavy (non-hydrogen) atoms. The lowest BCUT2D eigenvalue weighted by atomic mass is 9.41. The fourth-order valence-corrected chi connectivity index (χ4v) is 11.4. The lowest BCUT2D eigenvalue weighted by molar-refractivity contribution is -0.203. The first kappa shape index (κ1) is 33.5. The summed E-state index contributed by atoms with van der Waals surface area (Å²) in [6.45, 7) is 15.0. The van der Waals surface area contributed by atoms with Crippen molar-refractivity contribution in [3.05, 3.63) is 24.3 Å². The molecule has 11 atom stereocenters. The number of rotatable bonds is 7. The van der Waals surface area contributed by atoms with E-state index in [0.717, 1.165) is 51.4 Å². The first-order valence-corrected chi connectivity index (χ1v) is 18.3. The van der Waals surface area contributed by atoms with E-state index < -0.39 is 21.7 Å². The number of benzene rings is 1. The van der Waals surface area contributed by atoms with Gasteiger partial charge in [-0.05, 0) is 142 Å². The predicted molar refractivity (Wildman–Crippen MR) is 169 cm³/mol. The molecule has 4 saturated carbocycles. The van der Waals surface area contributed by atoms with Gasteiger partial charge in [0.15, 0.2) is 0 Å². The van der Waals surface area contributed by atoms with Gasteiger partial charge in [-0.1, -0.05) is 34.1 Å². The van der Waals surface area contributed by atoms with Gasteiger partial charge in [0, 0.05) is 0 Å². The summed E-state index contributed by atoms with van der Waals surface area (Å²) in [5, 5.41) is 22.4. The average Bonchev–Trinajstić information content (AvgIpc) is 3.29. The van der Waals surface area contributed by atoms with Gasteiger partial charge in [0.05, 0.1) is 23.7 Å². The normalized spacial score (nSPS) is 39.4. The molecule has 1 aromatic rings. The molecule has 1 amide bonds. The summed E-state index contributed by atoms with van der Waals surface area (Å²) >= 11 is 0. The lowest BCUT2D eigenvalue weighted by Gasteiger charge is -2.64. The van der Waals surface area contributed by atoms with Gasteiger partial charge in [-0.15, -0.1) is 0 Å². The molecule has 5 rings (SSSR count). The van der Waals surface area contributed by atoms with Crippen molar-refractivity contribution in [3.8, 4) is 5.75 Å². The standard InChI is InChI=1S/C35H55NO7S/c1-8-25-29-19-22(37)15-17-35(29,7)28-16-18-34(6)26(13-14-27(34)30(28)31(25)38)21(2)20-42-32(39)36-44(40,41)24-11-9-23(10-12-24)43-33(3,4)5/h9-12,21-22,25-31,37-38H,8,13-20H2,1-7H3,(H,36,39)/t21-,22-,25-,26-,27+,28+,29?,30-,31-,34?,35?/m1/s1. The van der Waals surface area contributed by atoms with Crippen LogP contribution >= 0.6 is 0 Å². The molecule has 9 heteroatoms. The van der Waals surface area contributed by atoms with Crippen LogP contribution in [0.1, 0.15) is 99.8 Å². The first-order valence-electron chi connectivity index (χ1n) is 16.8. The summed E-state index contributed by atoms with van der Waals surface area (Å²) in [5.41, 5.74) is -0.231. The molecule has 4 aliphatic rings. The Morgan fingerprint density at radius 3 is 2.27 bits per heavy atom. The molecule has 3 N–H and O–H groups in total. The van der Waals surface area contributed by atoms with Crippen LogP contribution in [0, 0.1) is 52.3 Å². The van der Waals surface area contributed by atoms with Gasteiger partial charge >= 0.3 is 6.09 Å². The van der Waals surface area contributed by atoms with Crippen molar-refractivity contribution in [2.45, 2.75) is 123 Å². The smallest absolute Gasteiger partial charge is 0.421 e. The topological polar surface area (TPSA) is 122 Å². The molecular formula is C35H55NO7S. The molecule has 0 bridgehead atoms. The molecule has 0 radical (unpaired) electrons. The van der Waals surface area contributed by atoms with E-state index in [9.17, 15) is 23.4 Å². The van der Waals surface area contributed by atoms with Crippen LogP contribution in [-0.2, 0) is 14.8 Å². The van der Waals surface area contributed by atoms with Crippen LogP contribution in [-0.4, -0.2) is 49.1 Å². The molecule has 8 nitrogen and oxygen atoms in total. The van der Waals surface area contributed by atoms with Crippen molar-refractivity contribution in [1.82, 2.24) is 4.72 Å².